The predicted molar refractivity (Wildman–Crippen MR) is 67.9 cm³/mol. The minimum atomic E-state index is 0.345. The van der Waals surface area contributed by atoms with E-state index >= 15 is 0 Å². The molecule has 0 atom stereocenters. The highest BCUT2D eigenvalue weighted by molar-refractivity contribution is 6.10. The van der Waals surface area contributed by atoms with Crippen molar-refractivity contribution in [1.82, 2.24) is 4.98 Å². The van der Waals surface area contributed by atoms with Crippen molar-refractivity contribution in [2.45, 2.75) is 0 Å². The van der Waals surface area contributed by atoms with Crippen LogP contribution in [0.5, 0.6) is 5.75 Å². The van der Waals surface area contributed by atoms with Crippen LogP contribution in [0.4, 0.5) is 0 Å². The standard InChI is InChI=1S/C14H11N3O/c1-18-13-4-2-3-10(7-13)14(16)11-5-6-12(8-15)17-9-11/h2-7,9,16H,1H3. The lowest BCUT2D eigenvalue weighted by atomic mass is 10.0. The van der Waals surface area contributed by atoms with Gasteiger partial charge in [-0.2, -0.15) is 5.26 Å². The summed E-state index contributed by atoms with van der Waals surface area (Å²) in [4.78, 5) is 3.95. The van der Waals surface area contributed by atoms with E-state index in [1.54, 1.807) is 25.3 Å². The van der Waals surface area contributed by atoms with Crippen molar-refractivity contribution in [1.29, 1.82) is 10.7 Å². The summed E-state index contributed by atoms with van der Waals surface area (Å²) in [5.74, 6) is 0.707. The Hall–Kier alpha value is -2.67. The van der Waals surface area contributed by atoms with E-state index in [1.807, 2.05) is 24.3 Å². The minimum absolute atomic E-state index is 0.345. The number of pyridine rings is 1. The zero-order valence-electron chi connectivity index (χ0n) is 9.84. The second-order valence-corrected chi connectivity index (χ2v) is 3.65. The van der Waals surface area contributed by atoms with E-state index in [1.165, 1.54) is 6.20 Å². The maximum atomic E-state index is 8.67. The maximum Gasteiger partial charge on any atom is 0.140 e. The van der Waals surface area contributed by atoms with Crippen molar-refractivity contribution in [3.8, 4) is 11.8 Å². The minimum Gasteiger partial charge on any atom is -0.497 e. The fourth-order valence-electron chi connectivity index (χ4n) is 1.55. The Morgan fingerprint density at radius 1 is 1.28 bits per heavy atom. The fourth-order valence-corrected chi connectivity index (χ4v) is 1.55. The lowest BCUT2D eigenvalue weighted by Crippen LogP contribution is -2.02. The van der Waals surface area contributed by atoms with Crippen molar-refractivity contribution < 1.29 is 4.74 Å². The molecule has 0 amide bonds. The molecule has 1 N–H and O–H groups in total. The fraction of sp³-hybridized carbons (Fsp3) is 0.0714. The first-order chi connectivity index (χ1) is 8.74. The summed E-state index contributed by atoms with van der Waals surface area (Å²) in [5, 5.41) is 16.8. The van der Waals surface area contributed by atoms with Crippen LogP contribution in [0.15, 0.2) is 42.6 Å². The van der Waals surface area contributed by atoms with Crippen LogP contribution in [0.25, 0.3) is 0 Å². The van der Waals surface area contributed by atoms with Gasteiger partial charge in [0.15, 0.2) is 0 Å². The lowest BCUT2D eigenvalue weighted by molar-refractivity contribution is 0.414. The topological polar surface area (TPSA) is 69.8 Å². The van der Waals surface area contributed by atoms with Crippen molar-refractivity contribution in [3.63, 3.8) is 0 Å². The van der Waals surface area contributed by atoms with Crippen molar-refractivity contribution >= 4 is 5.71 Å². The summed E-state index contributed by atoms with van der Waals surface area (Å²) < 4.78 is 5.12. The Bertz CT molecular complexity index is 612. The summed E-state index contributed by atoms with van der Waals surface area (Å²) >= 11 is 0. The zero-order valence-corrected chi connectivity index (χ0v) is 9.84. The van der Waals surface area contributed by atoms with Gasteiger partial charge in [-0.3, -0.25) is 5.41 Å². The van der Waals surface area contributed by atoms with Crippen LogP contribution in [-0.2, 0) is 0 Å². The van der Waals surface area contributed by atoms with Crippen molar-refractivity contribution in [2.75, 3.05) is 7.11 Å². The molecule has 0 saturated heterocycles. The van der Waals surface area contributed by atoms with E-state index in [2.05, 4.69) is 4.98 Å². The largest absolute Gasteiger partial charge is 0.497 e. The van der Waals surface area contributed by atoms with Gasteiger partial charge in [0, 0.05) is 17.3 Å². The molecule has 1 heterocycles. The van der Waals surface area contributed by atoms with Gasteiger partial charge in [0.05, 0.1) is 12.8 Å². The first-order valence-electron chi connectivity index (χ1n) is 5.34. The van der Waals surface area contributed by atoms with Gasteiger partial charge >= 0.3 is 0 Å². The Balaban J connectivity index is 2.32. The van der Waals surface area contributed by atoms with E-state index in [0.29, 0.717) is 22.7 Å². The van der Waals surface area contributed by atoms with Crippen LogP contribution in [0, 0.1) is 16.7 Å². The summed E-state index contributed by atoms with van der Waals surface area (Å²) in [6.07, 6.45) is 1.53. The molecular formula is C14H11N3O. The van der Waals surface area contributed by atoms with Gasteiger partial charge in [-0.05, 0) is 24.3 Å². The molecule has 0 aliphatic rings. The number of ether oxygens (including phenoxy) is 1. The molecular weight excluding hydrogens is 226 g/mol. The average molecular weight is 237 g/mol. The highest BCUT2D eigenvalue weighted by Crippen LogP contribution is 2.16. The number of nitrogens with zero attached hydrogens (tertiary/aromatic N) is 2. The van der Waals surface area contributed by atoms with Crippen LogP contribution in [0.3, 0.4) is 0 Å². The molecule has 2 rings (SSSR count). The van der Waals surface area contributed by atoms with Gasteiger partial charge in [0.25, 0.3) is 0 Å². The number of benzene rings is 1. The summed E-state index contributed by atoms with van der Waals surface area (Å²) in [7, 11) is 1.59. The van der Waals surface area contributed by atoms with Gasteiger partial charge in [-0.1, -0.05) is 12.1 Å². The van der Waals surface area contributed by atoms with Crippen LogP contribution >= 0.6 is 0 Å². The first-order valence-corrected chi connectivity index (χ1v) is 5.34. The molecule has 4 nitrogen and oxygen atoms in total. The van der Waals surface area contributed by atoms with Gasteiger partial charge in [0.2, 0.25) is 0 Å². The smallest absolute Gasteiger partial charge is 0.140 e. The highest BCUT2D eigenvalue weighted by atomic mass is 16.5. The Kier molecular flexibility index (Phi) is 3.35. The quantitative estimate of drug-likeness (QED) is 0.833. The molecule has 2 aromatic rings. The molecule has 4 heteroatoms. The molecule has 0 bridgehead atoms. The van der Waals surface area contributed by atoms with E-state index in [4.69, 9.17) is 15.4 Å². The molecule has 18 heavy (non-hydrogen) atoms. The average Bonchev–Trinajstić information content (AvgIpc) is 2.46. The molecule has 0 aliphatic heterocycles. The van der Waals surface area contributed by atoms with E-state index in [9.17, 15) is 0 Å². The molecule has 0 fully saturated rings. The number of hydrogen-bond donors (Lipinski definition) is 1. The number of nitriles is 1. The van der Waals surface area contributed by atoms with Crippen LogP contribution in [0.1, 0.15) is 16.8 Å². The molecule has 1 aromatic heterocycles. The normalized spacial score (nSPS) is 9.56. The zero-order chi connectivity index (χ0) is 13.0. The Morgan fingerprint density at radius 3 is 2.72 bits per heavy atom. The molecule has 1 aromatic carbocycles. The molecule has 0 spiro atoms. The second-order valence-electron chi connectivity index (χ2n) is 3.65. The molecule has 0 radical (unpaired) electrons. The van der Waals surface area contributed by atoms with Gasteiger partial charge in [0.1, 0.15) is 17.5 Å². The first kappa shape index (κ1) is 11.8. The number of aromatic nitrogens is 1. The van der Waals surface area contributed by atoms with Crippen molar-refractivity contribution in [3.05, 3.63) is 59.4 Å². The predicted octanol–water partition coefficient (Wildman–Crippen LogP) is 2.38. The number of hydrogen-bond acceptors (Lipinski definition) is 4. The Labute approximate surface area is 105 Å². The second kappa shape index (κ2) is 5.11. The summed E-state index contributed by atoms with van der Waals surface area (Å²) in [6.45, 7) is 0. The highest BCUT2D eigenvalue weighted by Gasteiger charge is 2.06. The third-order valence-corrected chi connectivity index (χ3v) is 2.53. The molecule has 0 saturated carbocycles. The summed E-state index contributed by atoms with van der Waals surface area (Å²) in [5.41, 5.74) is 2.12. The van der Waals surface area contributed by atoms with Crippen LogP contribution < -0.4 is 4.74 Å². The van der Waals surface area contributed by atoms with E-state index in [-0.39, 0.29) is 0 Å². The van der Waals surface area contributed by atoms with Crippen LogP contribution in [-0.4, -0.2) is 17.8 Å². The number of methoxy groups -OCH3 is 1. The van der Waals surface area contributed by atoms with Gasteiger partial charge in [-0.25, -0.2) is 4.98 Å². The SMILES string of the molecule is COc1cccc(C(=N)c2ccc(C#N)nc2)c1. The molecule has 0 aliphatic carbocycles. The number of nitrogens with one attached hydrogen (secondary N) is 1. The lowest BCUT2D eigenvalue weighted by Gasteiger charge is -2.06. The summed E-state index contributed by atoms with van der Waals surface area (Å²) in [6, 6.07) is 12.6. The third kappa shape index (κ3) is 2.36. The van der Waals surface area contributed by atoms with E-state index < -0.39 is 0 Å². The number of rotatable bonds is 3. The van der Waals surface area contributed by atoms with Gasteiger partial charge in [-0.15, -0.1) is 0 Å². The van der Waals surface area contributed by atoms with Crippen molar-refractivity contribution in [2.24, 2.45) is 0 Å². The third-order valence-electron chi connectivity index (χ3n) is 2.53. The van der Waals surface area contributed by atoms with Gasteiger partial charge < -0.3 is 4.74 Å². The van der Waals surface area contributed by atoms with Crippen LogP contribution in [0.2, 0.25) is 0 Å². The molecule has 88 valence electrons. The monoisotopic (exact) mass is 237 g/mol. The maximum absolute atomic E-state index is 8.67. The van der Waals surface area contributed by atoms with E-state index in [0.717, 1.165) is 5.56 Å². The Morgan fingerprint density at radius 2 is 2.11 bits per heavy atom. The molecule has 0 unspecified atom stereocenters.